The third-order valence-electron chi connectivity index (χ3n) is 4.29. The molecule has 114 valence electrons. The minimum absolute atomic E-state index is 0.657. The van der Waals surface area contributed by atoms with Crippen LogP contribution in [0, 0.1) is 6.92 Å². The molecule has 0 saturated carbocycles. The van der Waals surface area contributed by atoms with Crippen LogP contribution in [0.1, 0.15) is 36.8 Å². The summed E-state index contributed by atoms with van der Waals surface area (Å²) in [7, 11) is 4.19. The maximum atomic E-state index is 5.82. The van der Waals surface area contributed by atoms with E-state index in [1.54, 1.807) is 0 Å². The van der Waals surface area contributed by atoms with E-state index in [9.17, 15) is 0 Å². The van der Waals surface area contributed by atoms with Gasteiger partial charge in [0, 0.05) is 31.2 Å². The van der Waals surface area contributed by atoms with Gasteiger partial charge >= 0.3 is 0 Å². The standard InChI is InChI=1S/C16H29N3O/c1-5-15-12-18(4)7-6-8-19(15)11-14-9-16(10-17-3)20-13(14)2/h9,15,17H,5-8,10-12H2,1-4H3. The quantitative estimate of drug-likeness (QED) is 0.895. The highest BCUT2D eigenvalue weighted by Crippen LogP contribution is 2.20. The maximum absolute atomic E-state index is 5.82. The summed E-state index contributed by atoms with van der Waals surface area (Å²) < 4.78 is 5.82. The molecule has 1 fully saturated rings. The van der Waals surface area contributed by atoms with E-state index in [0.717, 1.165) is 24.6 Å². The second-order valence-corrected chi connectivity index (χ2v) is 5.97. The molecule has 20 heavy (non-hydrogen) atoms. The molecule has 1 atom stereocenters. The van der Waals surface area contributed by atoms with E-state index in [1.807, 2.05) is 7.05 Å². The number of likely N-dealkylation sites (N-methyl/N-ethyl adjacent to an activating group) is 1. The van der Waals surface area contributed by atoms with E-state index in [4.69, 9.17) is 4.42 Å². The molecule has 4 nitrogen and oxygen atoms in total. The molecule has 1 aliphatic heterocycles. The van der Waals surface area contributed by atoms with Crippen molar-refractivity contribution < 1.29 is 4.42 Å². The smallest absolute Gasteiger partial charge is 0.118 e. The first-order chi connectivity index (χ1) is 9.63. The van der Waals surface area contributed by atoms with Gasteiger partial charge in [-0.15, -0.1) is 0 Å². The maximum Gasteiger partial charge on any atom is 0.118 e. The molecule has 0 radical (unpaired) electrons. The van der Waals surface area contributed by atoms with Crippen molar-refractivity contribution in [3.05, 3.63) is 23.2 Å². The first-order valence-electron chi connectivity index (χ1n) is 7.79. The lowest BCUT2D eigenvalue weighted by molar-refractivity contribution is 0.175. The van der Waals surface area contributed by atoms with E-state index < -0.39 is 0 Å². The van der Waals surface area contributed by atoms with E-state index >= 15 is 0 Å². The van der Waals surface area contributed by atoms with Crippen molar-refractivity contribution in [1.29, 1.82) is 0 Å². The van der Waals surface area contributed by atoms with Crippen LogP contribution in [0.3, 0.4) is 0 Å². The third-order valence-corrected chi connectivity index (χ3v) is 4.29. The van der Waals surface area contributed by atoms with Crippen LogP contribution in [0.25, 0.3) is 0 Å². The number of nitrogens with zero attached hydrogens (tertiary/aromatic N) is 2. The van der Waals surface area contributed by atoms with Crippen LogP contribution in [0.2, 0.25) is 0 Å². The van der Waals surface area contributed by atoms with Gasteiger partial charge in [-0.3, -0.25) is 4.90 Å². The lowest BCUT2D eigenvalue weighted by Crippen LogP contribution is -2.39. The summed E-state index contributed by atoms with van der Waals surface area (Å²) >= 11 is 0. The summed E-state index contributed by atoms with van der Waals surface area (Å²) in [4.78, 5) is 5.09. The Hall–Kier alpha value is -0.840. The monoisotopic (exact) mass is 279 g/mol. The Kier molecular flexibility index (Phi) is 5.64. The number of aryl methyl sites for hydroxylation is 1. The predicted octanol–water partition coefficient (Wildman–Crippen LogP) is 2.22. The van der Waals surface area contributed by atoms with Gasteiger partial charge in [0.25, 0.3) is 0 Å². The highest BCUT2D eigenvalue weighted by molar-refractivity contribution is 5.21. The van der Waals surface area contributed by atoms with Gasteiger partial charge < -0.3 is 14.6 Å². The molecule has 0 aromatic carbocycles. The first kappa shape index (κ1) is 15.5. The van der Waals surface area contributed by atoms with Gasteiger partial charge in [0.15, 0.2) is 0 Å². The Morgan fingerprint density at radius 2 is 2.20 bits per heavy atom. The molecule has 4 heteroatoms. The normalized spacial score (nSPS) is 22.1. The summed E-state index contributed by atoms with van der Waals surface area (Å²) in [5, 5.41) is 3.15. The van der Waals surface area contributed by atoms with Crippen molar-refractivity contribution >= 4 is 0 Å². The molecule has 2 rings (SSSR count). The molecule has 1 aromatic heterocycles. The van der Waals surface area contributed by atoms with E-state index in [0.29, 0.717) is 6.04 Å². The fraction of sp³-hybridized carbons (Fsp3) is 0.750. The largest absolute Gasteiger partial charge is 0.465 e. The molecule has 0 bridgehead atoms. The lowest BCUT2D eigenvalue weighted by Gasteiger charge is -2.29. The van der Waals surface area contributed by atoms with E-state index in [-0.39, 0.29) is 0 Å². The minimum atomic E-state index is 0.657. The fourth-order valence-corrected chi connectivity index (χ4v) is 3.11. The average molecular weight is 279 g/mol. The molecule has 1 aromatic rings. The zero-order valence-corrected chi connectivity index (χ0v) is 13.4. The van der Waals surface area contributed by atoms with Crippen LogP contribution in [0.15, 0.2) is 10.5 Å². The lowest BCUT2D eigenvalue weighted by atomic mass is 10.1. The second kappa shape index (κ2) is 7.25. The van der Waals surface area contributed by atoms with Crippen molar-refractivity contribution in [1.82, 2.24) is 15.1 Å². The summed E-state index contributed by atoms with van der Waals surface area (Å²) in [6.07, 6.45) is 2.47. The summed E-state index contributed by atoms with van der Waals surface area (Å²) in [6.45, 7) is 9.78. The summed E-state index contributed by atoms with van der Waals surface area (Å²) in [6, 6.07) is 2.87. The topological polar surface area (TPSA) is 31.6 Å². The molecule has 1 saturated heterocycles. The molecule has 2 heterocycles. The number of nitrogens with one attached hydrogen (secondary N) is 1. The van der Waals surface area contributed by atoms with Gasteiger partial charge in [-0.1, -0.05) is 6.92 Å². The molecule has 1 unspecified atom stereocenters. The first-order valence-corrected chi connectivity index (χ1v) is 7.79. The van der Waals surface area contributed by atoms with Gasteiger partial charge in [-0.25, -0.2) is 0 Å². The second-order valence-electron chi connectivity index (χ2n) is 5.97. The Bertz CT molecular complexity index is 416. The van der Waals surface area contributed by atoms with E-state index in [2.05, 4.69) is 42.1 Å². The Morgan fingerprint density at radius 1 is 1.40 bits per heavy atom. The molecule has 1 N–H and O–H groups in total. The van der Waals surface area contributed by atoms with E-state index in [1.165, 1.54) is 38.0 Å². The van der Waals surface area contributed by atoms with Gasteiger partial charge in [0.05, 0.1) is 6.54 Å². The highest BCUT2D eigenvalue weighted by Gasteiger charge is 2.23. The van der Waals surface area contributed by atoms with Crippen LogP contribution < -0.4 is 5.32 Å². The Morgan fingerprint density at radius 3 is 2.90 bits per heavy atom. The van der Waals surface area contributed by atoms with Crippen molar-refractivity contribution in [2.45, 2.75) is 45.8 Å². The minimum Gasteiger partial charge on any atom is -0.465 e. The zero-order valence-electron chi connectivity index (χ0n) is 13.4. The molecule has 0 spiro atoms. The van der Waals surface area contributed by atoms with Crippen LogP contribution in [-0.4, -0.2) is 49.6 Å². The molecular formula is C16H29N3O. The molecule has 1 aliphatic rings. The van der Waals surface area contributed by atoms with Crippen molar-refractivity contribution in [2.75, 3.05) is 33.7 Å². The molecular weight excluding hydrogens is 250 g/mol. The van der Waals surface area contributed by atoms with Gasteiger partial charge in [0.2, 0.25) is 0 Å². The summed E-state index contributed by atoms with van der Waals surface area (Å²) in [5.41, 5.74) is 1.35. The Labute approximate surface area is 123 Å². The van der Waals surface area contributed by atoms with Gasteiger partial charge in [-0.05, 0) is 46.5 Å². The predicted molar refractivity (Wildman–Crippen MR) is 82.8 cm³/mol. The number of furan rings is 1. The van der Waals surface area contributed by atoms with Crippen LogP contribution >= 0.6 is 0 Å². The third kappa shape index (κ3) is 3.84. The molecule has 0 amide bonds. The van der Waals surface area contributed by atoms with Crippen LogP contribution in [0.4, 0.5) is 0 Å². The van der Waals surface area contributed by atoms with Crippen molar-refractivity contribution in [2.24, 2.45) is 0 Å². The fourth-order valence-electron chi connectivity index (χ4n) is 3.11. The van der Waals surface area contributed by atoms with Gasteiger partial charge in [0.1, 0.15) is 11.5 Å². The van der Waals surface area contributed by atoms with Crippen LogP contribution in [-0.2, 0) is 13.1 Å². The van der Waals surface area contributed by atoms with Crippen molar-refractivity contribution in [3.63, 3.8) is 0 Å². The SMILES string of the molecule is CCC1CN(C)CCCN1Cc1cc(CNC)oc1C. The van der Waals surface area contributed by atoms with Gasteiger partial charge in [-0.2, -0.15) is 0 Å². The van der Waals surface area contributed by atoms with Crippen LogP contribution in [0.5, 0.6) is 0 Å². The summed E-state index contributed by atoms with van der Waals surface area (Å²) in [5.74, 6) is 2.11. The Balaban J connectivity index is 2.06. The number of hydrogen-bond donors (Lipinski definition) is 1. The average Bonchev–Trinajstić information content (AvgIpc) is 2.65. The highest BCUT2D eigenvalue weighted by atomic mass is 16.3. The number of rotatable bonds is 5. The molecule has 0 aliphatic carbocycles. The number of hydrogen-bond acceptors (Lipinski definition) is 4. The van der Waals surface area contributed by atoms with Crippen molar-refractivity contribution in [3.8, 4) is 0 Å². The zero-order chi connectivity index (χ0) is 14.5.